The quantitative estimate of drug-likeness (QED) is 0.888. The van der Waals surface area contributed by atoms with Gasteiger partial charge in [-0.25, -0.2) is 0 Å². The van der Waals surface area contributed by atoms with Crippen molar-refractivity contribution in [3.63, 3.8) is 0 Å². The number of ether oxygens (including phenoxy) is 1. The van der Waals surface area contributed by atoms with Crippen molar-refractivity contribution in [2.24, 2.45) is 0 Å². The monoisotopic (exact) mass is 247 g/mol. The highest BCUT2D eigenvalue weighted by Crippen LogP contribution is 2.36. The van der Waals surface area contributed by atoms with Gasteiger partial charge in [0.15, 0.2) is 0 Å². The summed E-state index contributed by atoms with van der Waals surface area (Å²) >= 11 is 0. The van der Waals surface area contributed by atoms with E-state index in [-0.39, 0.29) is 0 Å². The third kappa shape index (κ3) is 2.25. The zero-order chi connectivity index (χ0) is 12.8. The average molecular weight is 247 g/mol. The molecule has 0 bridgehead atoms. The van der Waals surface area contributed by atoms with E-state index in [1.54, 1.807) is 0 Å². The molecule has 2 aliphatic rings. The summed E-state index contributed by atoms with van der Waals surface area (Å²) in [6.45, 7) is 2.86. The summed E-state index contributed by atoms with van der Waals surface area (Å²) in [6.07, 6.45) is 3.57. The Labute approximate surface area is 108 Å². The molecule has 0 radical (unpaired) electrons. The third-order valence-electron chi connectivity index (χ3n) is 4.12. The van der Waals surface area contributed by atoms with Crippen LogP contribution in [0.3, 0.4) is 0 Å². The molecule has 3 nitrogen and oxygen atoms in total. The standard InChI is InChI=1S/C15H21NO2/c1-11-9-15(17,10-16(11)2)12-3-5-13(6-4-12)18-14-7-8-14/h3-6,11,14,17H,7-10H2,1-2H3. The molecular weight excluding hydrogens is 226 g/mol. The lowest BCUT2D eigenvalue weighted by atomic mass is 9.91. The molecule has 0 amide bonds. The number of hydrogen-bond acceptors (Lipinski definition) is 3. The van der Waals surface area contributed by atoms with E-state index in [0.29, 0.717) is 18.7 Å². The molecule has 1 saturated carbocycles. The Balaban J connectivity index is 1.75. The van der Waals surface area contributed by atoms with Gasteiger partial charge in [-0.05, 0) is 50.9 Å². The third-order valence-corrected chi connectivity index (χ3v) is 4.12. The molecule has 1 aromatic rings. The molecule has 98 valence electrons. The second-order valence-electron chi connectivity index (χ2n) is 5.84. The molecule has 0 aromatic heterocycles. The number of hydrogen-bond donors (Lipinski definition) is 1. The minimum Gasteiger partial charge on any atom is -0.490 e. The van der Waals surface area contributed by atoms with Gasteiger partial charge in [-0.1, -0.05) is 12.1 Å². The molecule has 0 spiro atoms. The number of β-amino-alcohol motifs (C(OH)–C–C–N with tert-alkyl or cyclic N) is 1. The Morgan fingerprint density at radius 2 is 1.94 bits per heavy atom. The van der Waals surface area contributed by atoms with E-state index >= 15 is 0 Å². The number of nitrogens with zero attached hydrogens (tertiary/aromatic N) is 1. The van der Waals surface area contributed by atoms with E-state index in [1.807, 2.05) is 24.3 Å². The summed E-state index contributed by atoms with van der Waals surface area (Å²) in [5.74, 6) is 0.921. The largest absolute Gasteiger partial charge is 0.490 e. The molecule has 1 aromatic carbocycles. The van der Waals surface area contributed by atoms with Crippen LogP contribution in [0.2, 0.25) is 0 Å². The van der Waals surface area contributed by atoms with E-state index in [4.69, 9.17) is 4.74 Å². The second-order valence-corrected chi connectivity index (χ2v) is 5.84. The fourth-order valence-corrected chi connectivity index (χ4v) is 2.71. The van der Waals surface area contributed by atoms with E-state index in [9.17, 15) is 5.11 Å². The Bertz CT molecular complexity index is 415. The van der Waals surface area contributed by atoms with Crippen molar-refractivity contribution >= 4 is 0 Å². The molecule has 2 fully saturated rings. The average Bonchev–Trinajstić information content (AvgIpc) is 3.08. The molecule has 3 heteroatoms. The molecule has 2 unspecified atom stereocenters. The van der Waals surface area contributed by atoms with E-state index in [2.05, 4.69) is 18.9 Å². The van der Waals surface area contributed by atoms with Crippen molar-refractivity contribution in [2.75, 3.05) is 13.6 Å². The van der Waals surface area contributed by atoms with Crippen molar-refractivity contribution in [3.8, 4) is 5.75 Å². The summed E-state index contributed by atoms with van der Waals surface area (Å²) < 4.78 is 5.73. The summed E-state index contributed by atoms with van der Waals surface area (Å²) in [5.41, 5.74) is 0.300. The summed E-state index contributed by atoms with van der Waals surface area (Å²) in [5, 5.41) is 10.7. The molecule has 18 heavy (non-hydrogen) atoms. The van der Waals surface area contributed by atoms with Crippen LogP contribution in [0.5, 0.6) is 5.75 Å². The van der Waals surface area contributed by atoms with Crippen molar-refractivity contribution < 1.29 is 9.84 Å². The maximum absolute atomic E-state index is 10.7. The van der Waals surface area contributed by atoms with E-state index < -0.39 is 5.60 Å². The summed E-state index contributed by atoms with van der Waals surface area (Å²) in [4.78, 5) is 2.20. The second kappa shape index (κ2) is 4.25. The minimum atomic E-state index is -0.702. The Hall–Kier alpha value is -1.06. The number of rotatable bonds is 3. The predicted molar refractivity (Wildman–Crippen MR) is 70.7 cm³/mol. The topological polar surface area (TPSA) is 32.7 Å². The highest BCUT2D eigenvalue weighted by Gasteiger charge is 2.40. The van der Waals surface area contributed by atoms with Crippen molar-refractivity contribution in [1.82, 2.24) is 4.90 Å². The molecule has 3 rings (SSSR count). The first-order valence-corrected chi connectivity index (χ1v) is 6.77. The van der Waals surface area contributed by atoms with Crippen LogP contribution in [0, 0.1) is 0 Å². The number of aliphatic hydroxyl groups is 1. The molecule has 1 N–H and O–H groups in total. The molecular formula is C15H21NO2. The highest BCUT2D eigenvalue weighted by molar-refractivity contribution is 5.32. The van der Waals surface area contributed by atoms with Crippen LogP contribution in [0.25, 0.3) is 0 Å². The molecule has 1 saturated heterocycles. The summed E-state index contributed by atoms with van der Waals surface area (Å²) in [6, 6.07) is 8.40. The highest BCUT2D eigenvalue weighted by atomic mass is 16.5. The van der Waals surface area contributed by atoms with Gasteiger partial charge in [0, 0.05) is 12.6 Å². The summed E-state index contributed by atoms with van der Waals surface area (Å²) in [7, 11) is 2.06. The van der Waals surface area contributed by atoms with Gasteiger partial charge in [0.2, 0.25) is 0 Å². The van der Waals surface area contributed by atoms with Crippen molar-refractivity contribution in [2.45, 2.75) is 43.9 Å². The van der Waals surface area contributed by atoms with Gasteiger partial charge in [0.05, 0.1) is 6.10 Å². The molecule has 1 heterocycles. The molecule has 1 aliphatic carbocycles. The van der Waals surface area contributed by atoms with E-state index in [0.717, 1.165) is 17.7 Å². The minimum absolute atomic E-state index is 0.427. The van der Waals surface area contributed by atoms with Crippen molar-refractivity contribution in [1.29, 1.82) is 0 Å². The van der Waals surface area contributed by atoms with Crippen LogP contribution < -0.4 is 4.74 Å². The number of benzene rings is 1. The van der Waals surface area contributed by atoms with Crippen LogP contribution in [-0.4, -0.2) is 35.7 Å². The lowest BCUT2D eigenvalue weighted by molar-refractivity contribution is 0.0485. The first kappa shape index (κ1) is 12.0. The van der Waals surface area contributed by atoms with Gasteiger partial charge in [0.1, 0.15) is 11.4 Å². The van der Waals surface area contributed by atoms with Gasteiger partial charge in [-0.3, -0.25) is 0 Å². The van der Waals surface area contributed by atoms with Crippen LogP contribution >= 0.6 is 0 Å². The predicted octanol–water partition coefficient (Wildman–Crippen LogP) is 2.14. The fraction of sp³-hybridized carbons (Fsp3) is 0.600. The fourth-order valence-electron chi connectivity index (χ4n) is 2.71. The number of likely N-dealkylation sites (N-methyl/N-ethyl adjacent to an activating group) is 1. The smallest absolute Gasteiger partial charge is 0.119 e. The van der Waals surface area contributed by atoms with Crippen LogP contribution in [-0.2, 0) is 5.60 Å². The van der Waals surface area contributed by atoms with Gasteiger partial charge in [-0.2, -0.15) is 0 Å². The first-order chi connectivity index (χ1) is 8.57. The Morgan fingerprint density at radius 1 is 1.28 bits per heavy atom. The van der Waals surface area contributed by atoms with E-state index in [1.165, 1.54) is 12.8 Å². The SMILES string of the molecule is CC1CC(O)(c2ccc(OC3CC3)cc2)CN1C. The zero-order valence-electron chi connectivity index (χ0n) is 11.1. The maximum Gasteiger partial charge on any atom is 0.119 e. The normalized spacial score (nSPS) is 32.7. The molecule has 1 aliphatic heterocycles. The number of likely N-dealkylation sites (tertiary alicyclic amines) is 1. The van der Waals surface area contributed by atoms with Crippen LogP contribution in [0.4, 0.5) is 0 Å². The maximum atomic E-state index is 10.7. The van der Waals surface area contributed by atoms with Crippen LogP contribution in [0.15, 0.2) is 24.3 Å². The lowest BCUT2D eigenvalue weighted by Gasteiger charge is -2.23. The molecule has 2 atom stereocenters. The van der Waals surface area contributed by atoms with Gasteiger partial charge < -0.3 is 14.7 Å². The van der Waals surface area contributed by atoms with Gasteiger partial charge >= 0.3 is 0 Å². The van der Waals surface area contributed by atoms with Gasteiger partial charge in [-0.15, -0.1) is 0 Å². The lowest BCUT2D eigenvalue weighted by Crippen LogP contribution is -2.29. The first-order valence-electron chi connectivity index (χ1n) is 6.77. The van der Waals surface area contributed by atoms with Crippen molar-refractivity contribution in [3.05, 3.63) is 29.8 Å². The zero-order valence-corrected chi connectivity index (χ0v) is 11.1. The Kier molecular flexibility index (Phi) is 2.83. The van der Waals surface area contributed by atoms with Gasteiger partial charge in [0.25, 0.3) is 0 Å². The van der Waals surface area contributed by atoms with Crippen LogP contribution in [0.1, 0.15) is 31.7 Å². The Morgan fingerprint density at radius 3 is 2.44 bits per heavy atom.